The van der Waals surface area contributed by atoms with Crippen LogP contribution in [0.15, 0.2) is 35.3 Å². The molecule has 1 aliphatic heterocycles. The highest BCUT2D eigenvalue weighted by Crippen LogP contribution is 2.52. The van der Waals surface area contributed by atoms with Crippen LogP contribution >= 0.6 is 24.0 Å². The molecule has 7 nitrogen and oxygen atoms in total. The zero-order valence-electron chi connectivity index (χ0n) is 17.0. The second-order valence-corrected chi connectivity index (χ2v) is 7.68. The first kappa shape index (κ1) is 23.4. The lowest BCUT2D eigenvalue weighted by atomic mass is 9.85. The van der Waals surface area contributed by atoms with Crippen molar-refractivity contribution in [2.75, 3.05) is 33.3 Å². The summed E-state index contributed by atoms with van der Waals surface area (Å²) in [6.45, 7) is 1.12. The van der Waals surface area contributed by atoms with Crippen LogP contribution in [0, 0.1) is 35.3 Å². The number of hydrogen-bond donors (Lipinski definition) is 2. The van der Waals surface area contributed by atoms with Crippen molar-refractivity contribution in [3.8, 4) is 5.75 Å². The van der Waals surface area contributed by atoms with Crippen molar-refractivity contribution < 1.29 is 23.1 Å². The molecule has 4 atom stereocenters. The van der Waals surface area contributed by atoms with Gasteiger partial charge in [-0.3, -0.25) is 19.5 Å². The topological polar surface area (TPSA) is 83.0 Å². The highest BCUT2D eigenvalue weighted by atomic mass is 127. The molecule has 2 aliphatic carbocycles. The van der Waals surface area contributed by atoms with Crippen molar-refractivity contribution in [3.05, 3.63) is 42.0 Å². The van der Waals surface area contributed by atoms with Gasteiger partial charge in [-0.2, -0.15) is 0 Å². The molecule has 1 aromatic carbocycles. The molecular formula is C21H25F2IN4O3. The van der Waals surface area contributed by atoms with E-state index in [0.29, 0.717) is 19.0 Å². The summed E-state index contributed by atoms with van der Waals surface area (Å²) in [6.07, 6.45) is 5.06. The van der Waals surface area contributed by atoms with Gasteiger partial charge in [-0.25, -0.2) is 8.78 Å². The molecule has 2 amide bonds. The summed E-state index contributed by atoms with van der Waals surface area (Å²) in [5.41, 5.74) is 0. The number of amides is 2. The fraction of sp³-hybridized carbons (Fsp3) is 0.476. The number of allylic oxidation sites excluding steroid dienone is 2. The molecule has 2 N–H and O–H groups in total. The molecule has 1 saturated carbocycles. The number of carbonyl (C=O) groups excluding carboxylic acids is 2. The SMILES string of the molecule is CN=C(NCCOc1ccc(F)cc1F)NCCN1C(=O)C2C3C=CC(C3)C2C1=O.I. The van der Waals surface area contributed by atoms with Crippen LogP contribution in [0.1, 0.15) is 6.42 Å². The zero-order chi connectivity index (χ0) is 21.3. The van der Waals surface area contributed by atoms with Crippen LogP contribution in [-0.2, 0) is 9.59 Å². The highest BCUT2D eigenvalue weighted by Gasteiger charge is 2.58. The lowest BCUT2D eigenvalue weighted by Gasteiger charge is -2.18. The standard InChI is InChI=1S/C21H24F2N4O3.HI/c1-24-21(26-7-9-30-16-5-4-14(22)11-15(16)23)25-6-8-27-19(28)17-12-2-3-13(10-12)18(17)20(27)29;/h2-5,11-13,17-18H,6-10H2,1H3,(H2,24,25,26);1H. The number of guanidine groups is 1. The van der Waals surface area contributed by atoms with Gasteiger partial charge in [0.2, 0.25) is 11.8 Å². The molecule has 4 unspecified atom stereocenters. The first-order valence-corrected chi connectivity index (χ1v) is 10.1. The van der Waals surface area contributed by atoms with Gasteiger partial charge in [0.1, 0.15) is 12.4 Å². The fourth-order valence-electron chi connectivity index (χ4n) is 4.61. The maximum absolute atomic E-state index is 13.5. The van der Waals surface area contributed by atoms with Gasteiger partial charge in [-0.15, -0.1) is 24.0 Å². The van der Waals surface area contributed by atoms with Crippen LogP contribution in [0.2, 0.25) is 0 Å². The largest absolute Gasteiger partial charge is 0.489 e. The number of likely N-dealkylation sites (tertiary alicyclic amines) is 1. The molecule has 1 heterocycles. The van der Waals surface area contributed by atoms with Crippen molar-refractivity contribution in [2.45, 2.75) is 6.42 Å². The molecule has 1 saturated heterocycles. The van der Waals surface area contributed by atoms with Crippen molar-refractivity contribution >= 4 is 41.8 Å². The minimum Gasteiger partial charge on any atom is -0.489 e. The van der Waals surface area contributed by atoms with Gasteiger partial charge in [0.15, 0.2) is 17.5 Å². The van der Waals surface area contributed by atoms with E-state index >= 15 is 0 Å². The Labute approximate surface area is 196 Å². The fourth-order valence-corrected chi connectivity index (χ4v) is 4.61. The van der Waals surface area contributed by atoms with Crippen molar-refractivity contribution in [1.82, 2.24) is 15.5 Å². The third-order valence-corrected chi connectivity index (χ3v) is 5.96. The van der Waals surface area contributed by atoms with Crippen molar-refractivity contribution in [1.29, 1.82) is 0 Å². The predicted molar refractivity (Wildman–Crippen MR) is 121 cm³/mol. The Morgan fingerprint density at radius 3 is 2.39 bits per heavy atom. The van der Waals surface area contributed by atoms with Gasteiger partial charge in [-0.05, 0) is 30.4 Å². The molecule has 2 bridgehead atoms. The van der Waals surface area contributed by atoms with Gasteiger partial charge in [0.05, 0.1) is 18.4 Å². The minimum atomic E-state index is -0.758. The lowest BCUT2D eigenvalue weighted by Crippen LogP contribution is -2.44. The Bertz CT molecular complexity index is 881. The maximum Gasteiger partial charge on any atom is 0.233 e. The molecular weight excluding hydrogens is 521 g/mol. The van der Waals surface area contributed by atoms with Gasteiger partial charge in [0.25, 0.3) is 0 Å². The normalized spacial score (nSPS) is 26.2. The van der Waals surface area contributed by atoms with E-state index in [1.165, 1.54) is 11.0 Å². The number of rotatable bonds is 7. The molecule has 31 heavy (non-hydrogen) atoms. The summed E-state index contributed by atoms with van der Waals surface area (Å²) in [6, 6.07) is 3.13. The highest BCUT2D eigenvalue weighted by molar-refractivity contribution is 14.0. The lowest BCUT2D eigenvalue weighted by molar-refractivity contribution is -0.140. The third-order valence-electron chi connectivity index (χ3n) is 5.96. The molecule has 2 fully saturated rings. The van der Waals surface area contributed by atoms with Crippen LogP contribution < -0.4 is 15.4 Å². The van der Waals surface area contributed by atoms with Crippen LogP contribution in [0.3, 0.4) is 0 Å². The van der Waals surface area contributed by atoms with Gasteiger partial charge < -0.3 is 15.4 Å². The van der Waals surface area contributed by atoms with Crippen LogP contribution in [0.25, 0.3) is 0 Å². The number of ether oxygens (including phenoxy) is 1. The number of imide groups is 1. The molecule has 1 aromatic rings. The Morgan fingerprint density at radius 2 is 1.77 bits per heavy atom. The molecule has 0 aromatic heterocycles. The number of nitrogens with zero attached hydrogens (tertiary/aromatic N) is 2. The number of fused-ring (bicyclic) bond motifs is 5. The van der Waals surface area contributed by atoms with Gasteiger partial charge >= 0.3 is 0 Å². The smallest absolute Gasteiger partial charge is 0.233 e. The average Bonchev–Trinajstić information content (AvgIpc) is 3.40. The van der Waals surface area contributed by atoms with E-state index in [-0.39, 0.29) is 78.4 Å². The number of benzene rings is 1. The number of aliphatic imine (C=N–C) groups is 1. The summed E-state index contributed by atoms with van der Waals surface area (Å²) in [7, 11) is 1.59. The van der Waals surface area contributed by atoms with E-state index in [4.69, 9.17) is 4.74 Å². The molecule has 168 valence electrons. The number of nitrogens with one attached hydrogen (secondary N) is 2. The zero-order valence-corrected chi connectivity index (χ0v) is 19.3. The molecule has 3 aliphatic rings. The quantitative estimate of drug-likeness (QED) is 0.137. The van der Waals surface area contributed by atoms with Crippen LogP contribution in [-0.4, -0.2) is 56.0 Å². The van der Waals surface area contributed by atoms with E-state index < -0.39 is 11.6 Å². The molecule has 10 heteroatoms. The van der Waals surface area contributed by atoms with Crippen LogP contribution in [0.5, 0.6) is 5.75 Å². The minimum absolute atomic E-state index is 0. The Hall–Kier alpha value is -2.24. The Morgan fingerprint density at radius 1 is 1.13 bits per heavy atom. The Balaban J connectivity index is 0.00000272. The maximum atomic E-state index is 13.5. The van der Waals surface area contributed by atoms with Crippen molar-refractivity contribution in [2.24, 2.45) is 28.7 Å². The van der Waals surface area contributed by atoms with E-state index in [1.807, 2.05) is 0 Å². The summed E-state index contributed by atoms with van der Waals surface area (Å²) in [5, 5.41) is 6.06. The second-order valence-electron chi connectivity index (χ2n) is 7.68. The first-order chi connectivity index (χ1) is 14.5. The monoisotopic (exact) mass is 546 g/mol. The average molecular weight is 546 g/mol. The molecule has 0 spiro atoms. The molecule has 4 rings (SSSR count). The van der Waals surface area contributed by atoms with E-state index in [2.05, 4.69) is 27.8 Å². The molecule has 0 radical (unpaired) electrons. The Kier molecular flexibility index (Phi) is 7.50. The summed E-state index contributed by atoms with van der Waals surface area (Å²) < 4.78 is 31.7. The first-order valence-electron chi connectivity index (χ1n) is 10.1. The van der Waals surface area contributed by atoms with Crippen molar-refractivity contribution in [3.63, 3.8) is 0 Å². The van der Waals surface area contributed by atoms with Gasteiger partial charge in [-0.1, -0.05) is 12.2 Å². The number of hydrogen-bond acceptors (Lipinski definition) is 4. The third kappa shape index (κ3) is 4.68. The number of carbonyl (C=O) groups is 2. The predicted octanol–water partition coefficient (Wildman–Crippen LogP) is 1.93. The van der Waals surface area contributed by atoms with E-state index in [1.54, 1.807) is 7.05 Å². The summed E-state index contributed by atoms with van der Waals surface area (Å²) in [5.74, 6) is -1.08. The number of halogens is 3. The second kappa shape index (κ2) is 9.92. The summed E-state index contributed by atoms with van der Waals surface area (Å²) >= 11 is 0. The van der Waals surface area contributed by atoms with E-state index in [0.717, 1.165) is 18.6 Å². The summed E-state index contributed by atoms with van der Waals surface area (Å²) in [4.78, 5) is 30.7. The van der Waals surface area contributed by atoms with Crippen LogP contribution in [0.4, 0.5) is 8.78 Å². The van der Waals surface area contributed by atoms with E-state index in [9.17, 15) is 18.4 Å². The van der Waals surface area contributed by atoms with Gasteiger partial charge in [0, 0.05) is 26.2 Å².